The van der Waals surface area contributed by atoms with Crippen LogP contribution in [-0.4, -0.2) is 96.2 Å². The molecule has 2 N–H and O–H groups in total. The number of carbonyl (C=O) groups excluding carboxylic acids is 5. The first-order valence-corrected chi connectivity index (χ1v) is 17.2. The van der Waals surface area contributed by atoms with Crippen LogP contribution in [0.4, 0.5) is 17.2 Å². The summed E-state index contributed by atoms with van der Waals surface area (Å²) in [6, 6.07) is 14.2. The van der Waals surface area contributed by atoms with Gasteiger partial charge in [-0.25, -0.2) is 4.98 Å². The summed E-state index contributed by atoms with van der Waals surface area (Å²) in [7, 11) is 0. The van der Waals surface area contributed by atoms with Gasteiger partial charge in [-0.3, -0.25) is 39.1 Å². The first kappa shape index (κ1) is 31.5. The molecule has 3 saturated heterocycles. The molecular formula is C36H36ClN7O5. The van der Waals surface area contributed by atoms with Crippen molar-refractivity contribution >= 4 is 58.3 Å². The molecule has 0 radical (unpaired) electrons. The van der Waals surface area contributed by atoms with Crippen molar-refractivity contribution in [1.82, 2.24) is 20.1 Å². The highest BCUT2D eigenvalue weighted by Gasteiger charge is 2.47. The molecule has 6 heterocycles. The molecule has 8 rings (SSSR count). The normalized spacial score (nSPS) is 24.2. The minimum Gasteiger partial charge on any atom is -0.370 e. The molecule has 252 valence electrons. The van der Waals surface area contributed by atoms with Crippen molar-refractivity contribution in [3.8, 4) is 0 Å². The molecular weight excluding hydrogens is 646 g/mol. The first-order chi connectivity index (χ1) is 23.7. The molecule has 5 amide bonds. The van der Waals surface area contributed by atoms with Crippen LogP contribution in [-0.2, 0) is 19.8 Å². The van der Waals surface area contributed by atoms with Gasteiger partial charge >= 0.3 is 0 Å². The number of piperazine rings is 1. The smallest absolute Gasteiger partial charge is 0.264 e. The molecule has 49 heavy (non-hydrogen) atoms. The summed E-state index contributed by atoms with van der Waals surface area (Å²) >= 11 is 6.69. The van der Waals surface area contributed by atoms with Crippen molar-refractivity contribution in [3.63, 3.8) is 0 Å². The lowest BCUT2D eigenvalue weighted by Gasteiger charge is -2.45. The van der Waals surface area contributed by atoms with Crippen molar-refractivity contribution in [2.24, 2.45) is 5.92 Å². The number of piperidine rings is 1. The van der Waals surface area contributed by atoms with Crippen LogP contribution in [0.15, 0.2) is 54.7 Å². The van der Waals surface area contributed by atoms with E-state index in [2.05, 4.69) is 44.5 Å². The van der Waals surface area contributed by atoms with Crippen LogP contribution in [0, 0.1) is 5.92 Å². The number of halogens is 1. The molecule has 0 bridgehead atoms. The van der Waals surface area contributed by atoms with E-state index >= 15 is 0 Å². The van der Waals surface area contributed by atoms with E-state index < -0.39 is 29.7 Å². The van der Waals surface area contributed by atoms with Gasteiger partial charge in [-0.05, 0) is 48.7 Å². The number of benzene rings is 2. The van der Waals surface area contributed by atoms with Gasteiger partial charge in [-0.15, -0.1) is 0 Å². The number of fused-ring (bicyclic) bond motifs is 2. The second kappa shape index (κ2) is 12.0. The molecule has 13 heteroatoms. The zero-order valence-electron chi connectivity index (χ0n) is 27.1. The molecule has 0 saturated carbocycles. The monoisotopic (exact) mass is 681 g/mol. The Labute approximate surface area is 288 Å². The Bertz CT molecular complexity index is 1930. The van der Waals surface area contributed by atoms with Crippen LogP contribution in [0.2, 0.25) is 5.02 Å². The van der Waals surface area contributed by atoms with Crippen molar-refractivity contribution < 1.29 is 24.0 Å². The van der Waals surface area contributed by atoms with E-state index in [0.717, 1.165) is 47.0 Å². The van der Waals surface area contributed by atoms with Crippen LogP contribution in [0.5, 0.6) is 0 Å². The maximum Gasteiger partial charge on any atom is 0.264 e. The van der Waals surface area contributed by atoms with Gasteiger partial charge in [0.1, 0.15) is 11.9 Å². The largest absolute Gasteiger partial charge is 0.370 e. The Hall–Kier alpha value is -4.81. The molecule has 3 fully saturated rings. The number of carbonyl (C=O) groups is 5. The Morgan fingerprint density at radius 2 is 1.82 bits per heavy atom. The number of nitrogens with one attached hydrogen (secondary N) is 2. The molecule has 1 aromatic heterocycles. The second-order valence-electron chi connectivity index (χ2n) is 13.6. The molecule has 0 spiro atoms. The predicted octanol–water partition coefficient (Wildman–Crippen LogP) is 3.04. The van der Waals surface area contributed by atoms with Crippen molar-refractivity contribution in [2.45, 2.75) is 37.6 Å². The minimum absolute atomic E-state index is 0.0494. The van der Waals surface area contributed by atoms with Gasteiger partial charge in [0.05, 0.1) is 23.4 Å². The van der Waals surface area contributed by atoms with Crippen molar-refractivity contribution in [3.05, 3.63) is 82.0 Å². The number of rotatable bonds is 7. The average molecular weight is 682 g/mol. The summed E-state index contributed by atoms with van der Waals surface area (Å²) in [6.45, 7) is 6.57. The fourth-order valence-corrected chi connectivity index (χ4v) is 8.56. The number of aromatic nitrogens is 1. The third-order valence-corrected chi connectivity index (χ3v) is 11.1. The van der Waals surface area contributed by atoms with E-state index in [4.69, 9.17) is 11.6 Å². The fourth-order valence-electron chi connectivity index (χ4n) is 8.23. The molecule has 2 atom stereocenters. The van der Waals surface area contributed by atoms with Crippen LogP contribution >= 0.6 is 11.6 Å². The Morgan fingerprint density at radius 1 is 1.00 bits per heavy atom. The van der Waals surface area contributed by atoms with Gasteiger partial charge < -0.3 is 15.1 Å². The third kappa shape index (κ3) is 5.07. The summed E-state index contributed by atoms with van der Waals surface area (Å²) in [5.74, 6) is -0.890. The Morgan fingerprint density at radius 3 is 2.59 bits per heavy atom. The minimum atomic E-state index is -0.999. The topological polar surface area (TPSA) is 135 Å². The highest BCUT2D eigenvalue weighted by atomic mass is 35.5. The number of hydrogen-bond acceptors (Lipinski definition) is 9. The number of pyridine rings is 1. The zero-order valence-corrected chi connectivity index (χ0v) is 27.8. The van der Waals surface area contributed by atoms with Crippen LogP contribution in [0.25, 0.3) is 0 Å². The highest BCUT2D eigenvalue weighted by Crippen LogP contribution is 2.47. The number of imide groups is 2. The summed E-state index contributed by atoms with van der Waals surface area (Å²) < 4.78 is 0. The summed E-state index contributed by atoms with van der Waals surface area (Å²) in [6.07, 6.45) is 2.74. The Balaban J connectivity index is 0.909. The zero-order chi connectivity index (χ0) is 34.0. The SMILES string of the molecule is CCC1(c2cccc(N3CCN(CC4CN(c5cccc6c5C(=O)N(C5CCC(=O)NC5=O)C6=O)C4)CC3=O)c2)CNc2nccc(Cl)c21. The summed E-state index contributed by atoms with van der Waals surface area (Å²) in [5, 5.41) is 6.36. The maximum absolute atomic E-state index is 13.5. The fraction of sp³-hybridized carbons (Fsp3) is 0.389. The summed E-state index contributed by atoms with van der Waals surface area (Å²) in [5.41, 5.74) is 3.90. The standard InChI is InChI=1S/C36H36ClN7O5/c1-2-36(20-39-32-31(36)25(37)11-12-38-32)22-5-3-6-23(15-22)43-14-13-41(19-29(43)46)16-21-17-42(18-21)26-8-4-7-24-30(26)35(49)44(34(24)48)27-9-10-28(45)40-33(27)47/h3-8,11-12,15,21,27H,2,9-10,13-14,16-20H2,1H3,(H,38,39)(H,40,45,47). The molecule has 12 nitrogen and oxygen atoms in total. The van der Waals surface area contributed by atoms with E-state index in [-0.39, 0.29) is 35.6 Å². The van der Waals surface area contributed by atoms with Gasteiger partial charge in [-0.2, -0.15) is 0 Å². The molecule has 5 aliphatic rings. The summed E-state index contributed by atoms with van der Waals surface area (Å²) in [4.78, 5) is 76.1. The average Bonchev–Trinajstić information content (AvgIpc) is 3.59. The molecule has 2 unspecified atom stereocenters. The first-order valence-electron chi connectivity index (χ1n) is 16.8. The van der Waals surface area contributed by atoms with E-state index in [1.165, 1.54) is 0 Å². The second-order valence-corrected chi connectivity index (χ2v) is 14.0. The lowest BCUT2D eigenvalue weighted by atomic mass is 9.74. The van der Waals surface area contributed by atoms with Crippen LogP contribution in [0.1, 0.15) is 58.0 Å². The van der Waals surface area contributed by atoms with Gasteiger partial charge in [0.15, 0.2) is 0 Å². The number of hydrogen-bond donors (Lipinski definition) is 2. The maximum atomic E-state index is 13.5. The lowest BCUT2D eigenvalue weighted by Crippen LogP contribution is -2.57. The van der Waals surface area contributed by atoms with Crippen molar-refractivity contribution in [1.29, 1.82) is 0 Å². The third-order valence-electron chi connectivity index (χ3n) is 10.8. The van der Waals surface area contributed by atoms with Crippen molar-refractivity contribution in [2.75, 3.05) is 60.9 Å². The van der Waals surface area contributed by atoms with Gasteiger partial charge in [0.25, 0.3) is 11.8 Å². The van der Waals surface area contributed by atoms with Crippen LogP contribution < -0.4 is 20.4 Å². The van der Waals surface area contributed by atoms with Crippen LogP contribution in [0.3, 0.4) is 0 Å². The lowest BCUT2D eigenvalue weighted by molar-refractivity contribution is -0.136. The van der Waals surface area contributed by atoms with E-state index in [0.29, 0.717) is 49.0 Å². The molecule has 5 aliphatic heterocycles. The van der Waals surface area contributed by atoms with Gasteiger partial charge in [0.2, 0.25) is 17.7 Å². The Kier molecular flexibility index (Phi) is 7.68. The molecule has 2 aromatic carbocycles. The molecule has 0 aliphatic carbocycles. The quantitative estimate of drug-likeness (QED) is 0.361. The number of amides is 5. The van der Waals surface area contributed by atoms with E-state index in [1.807, 2.05) is 29.2 Å². The highest BCUT2D eigenvalue weighted by molar-refractivity contribution is 6.32. The number of anilines is 3. The van der Waals surface area contributed by atoms with E-state index in [9.17, 15) is 24.0 Å². The molecule has 3 aromatic rings. The van der Waals surface area contributed by atoms with Gasteiger partial charge in [0, 0.05) is 79.5 Å². The predicted molar refractivity (Wildman–Crippen MR) is 183 cm³/mol. The van der Waals surface area contributed by atoms with E-state index in [1.54, 1.807) is 18.3 Å². The number of nitrogens with zero attached hydrogens (tertiary/aromatic N) is 5. The van der Waals surface area contributed by atoms with Gasteiger partial charge in [-0.1, -0.05) is 36.7 Å².